The minimum atomic E-state index is -4.58. The second-order valence-electron chi connectivity index (χ2n) is 3.38. The van der Waals surface area contributed by atoms with Crippen molar-refractivity contribution in [1.82, 2.24) is 0 Å². The highest BCUT2D eigenvalue weighted by molar-refractivity contribution is 7.86. The van der Waals surface area contributed by atoms with E-state index >= 15 is 0 Å². The van der Waals surface area contributed by atoms with Gasteiger partial charge < -0.3 is 5.11 Å². The lowest BCUT2D eigenvalue weighted by Crippen LogP contribution is -2.08. The Morgan fingerprint density at radius 1 is 1.24 bits per heavy atom. The first-order valence-electron chi connectivity index (χ1n) is 4.55. The van der Waals surface area contributed by atoms with Crippen molar-refractivity contribution < 1.29 is 22.9 Å². The van der Waals surface area contributed by atoms with E-state index in [0.717, 1.165) is 6.07 Å². The van der Waals surface area contributed by atoms with Crippen LogP contribution in [0.1, 0.15) is 10.4 Å². The van der Waals surface area contributed by atoms with Gasteiger partial charge in [-0.3, -0.25) is 4.55 Å². The third kappa shape index (κ3) is 2.13. The van der Waals surface area contributed by atoms with Crippen LogP contribution in [0.15, 0.2) is 35.2 Å². The topological polar surface area (TPSA) is 91.7 Å². The molecule has 2 aromatic carbocycles. The lowest BCUT2D eigenvalue weighted by atomic mass is 10.1. The van der Waals surface area contributed by atoms with Crippen LogP contribution in [0.2, 0.25) is 0 Å². The Balaban J connectivity index is 2.90. The summed E-state index contributed by atoms with van der Waals surface area (Å²) in [4.78, 5) is 10.3. The molecule has 6 heteroatoms. The summed E-state index contributed by atoms with van der Waals surface area (Å²) in [6.07, 6.45) is 0. The van der Waals surface area contributed by atoms with Crippen LogP contribution in [-0.4, -0.2) is 24.0 Å². The Kier molecular flexibility index (Phi) is 2.60. The average molecular weight is 251 g/mol. The molecule has 0 heterocycles. The summed E-state index contributed by atoms with van der Waals surface area (Å²) in [5.41, 5.74) is -0.564. The highest BCUT2D eigenvalue weighted by Crippen LogP contribution is 2.23. The second-order valence-corrected chi connectivity index (χ2v) is 4.77. The summed E-state index contributed by atoms with van der Waals surface area (Å²) in [6.45, 7) is 0. The Bertz CT molecular complexity index is 703. The van der Waals surface area contributed by atoms with Crippen molar-refractivity contribution >= 4 is 26.9 Å². The van der Waals surface area contributed by atoms with Gasteiger partial charge in [0.1, 0.15) is 4.90 Å². The number of carboxylic acids is 1. The SMILES string of the molecule is O=C(O)c1[c]c2ccccc2cc1S(=O)(=O)O. The normalized spacial score (nSPS) is 11.6. The van der Waals surface area contributed by atoms with E-state index < -0.39 is 26.5 Å². The van der Waals surface area contributed by atoms with Gasteiger partial charge in [-0.25, -0.2) is 4.79 Å². The van der Waals surface area contributed by atoms with Crippen molar-refractivity contribution in [3.63, 3.8) is 0 Å². The predicted molar refractivity (Wildman–Crippen MR) is 59.6 cm³/mol. The molecule has 2 N–H and O–H groups in total. The predicted octanol–water partition coefficient (Wildman–Crippen LogP) is 1.58. The Morgan fingerprint density at radius 2 is 1.88 bits per heavy atom. The lowest BCUT2D eigenvalue weighted by molar-refractivity contribution is 0.0692. The van der Waals surface area contributed by atoms with Crippen molar-refractivity contribution in [3.05, 3.63) is 42.0 Å². The van der Waals surface area contributed by atoms with E-state index in [0.29, 0.717) is 10.8 Å². The van der Waals surface area contributed by atoms with Crippen molar-refractivity contribution in [2.45, 2.75) is 4.90 Å². The van der Waals surface area contributed by atoms with Crippen molar-refractivity contribution in [1.29, 1.82) is 0 Å². The maximum absolute atomic E-state index is 11.1. The molecular formula is C11H7O5S. The Morgan fingerprint density at radius 3 is 2.47 bits per heavy atom. The molecule has 0 aromatic heterocycles. The molecule has 87 valence electrons. The number of carboxylic acid groups (broad SMARTS) is 1. The molecule has 0 unspecified atom stereocenters. The van der Waals surface area contributed by atoms with E-state index in [9.17, 15) is 13.2 Å². The number of fused-ring (bicyclic) bond motifs is 1. The summed E-state index contributed by atoms with van der Waals surface area (Å²) < 4.78 is 31.1. The summed E-state index contributed by atoms with van der Waals surface area (Å²) in [7, 11) is -4.58. The number of aromatic carboxylic acids is 1. The molecule has 0 fully saturated rings. The zero-order valence-electron chi connectivity index (χ0n) is 8.41. The molecule has 0 saturated heterocycles. The van der Waals surface area contributed by atoms with E-state index in [4.69, 9.17) is 9.66 Å². The zero-order valence-corrected chi connectivity index (χ0v) is 9.23. The molecule has 0 spiro atoms. The number of hydrogen-bond acceptors (Lipinski definition) is 3. The monoisotopic (exact) mass is 251 g/mol. The molecule has 17 heavy (non-hydrogen) atoms. The number of benzene rings is 2. The van der Waals surface area contributed by atoms with Gasteiger partial charge in [0.25, 0.3) is 10.1 Å². The third-order valence-electron chi connectivity index (χ3n) is 2.25. The fourth-order valence-corrected chi connectivity index (χ4v) is 2.18. The third-order valence-corrected chi connectivity index (χ3v) is 3.12. The quantitative estimate of drug-likeness (QED) is 0.791. The van der Waals surface area contributed by atoms with Crippen LogP contribution < -0.4 is 0 Å². The smallest absolute Gasteiger partial charge is 0.337 e. The zero-order chi connectivity index (χ0) is 12.6. The fourth-order valence-electron chi connectivity index (χ4n) is 1.51. The van der Waals surface area contributed by atoms with Gasteiger partial charge in [-0.2, -0.15) is 8.42 Å². The number of carbonyl (C=O) groups is 1. The van der Waals surface area contributed by atoms with Gasteiger partial charge in [-0.15, -0.1) is 0 Å². The second kappa shape index (κ2) is 3.83. The highest BCUT2D eigenvalue weighted by Gasteiger charge is 2.21. The summed E-state index contributed by atoms with van der Waals surface area (Å²) in [6, 6.07) is 10.1. The van der Waals surface area contributed by atoms with Crippen LogP contribution >= 0.6 is 0 Å². The van der Waals surface area contributed by atoms with Crippen LogP contribution in [0, 0.1) is 6.07 Å². The average Bonchev–Trinajstić information content (AvgIpc) is 2.26. The van der Waals surface area contributed by atoms with E-state index in [1.165, 1.54) is 0 Å². The van der Waals surface area contributed by atoms with Crippen molar-refractivity contribution in [2.24, 2.45) is 0 Å². The molecule has 0 aliphatic heterocycles. The lowest BCUT2D eigenvalue weighted by Gasteiger charge is -2.05. The molecule has 0 aliphatic rings. The van der Waals surface area contributed by atoms with Crippen molar-refractivity contribution in [3.8, 4) is 0 Å². The minimum absolute atomic E-state index is 0.470. The summed E-state index contributed by atoms with van der Waals surface area (Å²) in [5, 5.41) is 9.84. The molecule has 5 nitrogen and oxygen atoms in total. The van der Waals surface area contributed by atoms with Crippen LogP contribution in [0.25, 0.3) is 10.8 Å². The molecule has 0 saturated carbocycles. The number of rotatable bonds is 2. The first kappa shape index (κ1) is 11.6. The fraction of sp³-hybridized carbons (Fsp3) is 0. The maximum Gasteiger partial charge on any atom is 0.337 e. The van der Waals surface area contributed by atoms with Gasteiger partial charge in [-0.1, -0.05) is 24.3 Å². The number of hydrogen-bond donors (Lipinski definition) is 2. The Hall–Kier alpha value is -1.92. The molecule has 0 bridgehead atoms. The van der Waals surface area contributed by atoms with Crippen LogP contribution in [0.3, 0.4) is 0 Å². The first-order chi connectivity index (χ1) is 7.89. The van der Waals surface area contributed by atoms with E-state index in [-0.39, 0.29) is 0 Å². The van der Waals surface area contributed by atoms with E-state index in [2.05, 4.69) is 6.07 Å². The van der Waals surface area contributed by atoms with Gasteiger partial charge in [0.05, 0.1) is 5.56 Å². The summed E-state index contributed by atoms with van der Waals surface area (Å²) >= 11 is 0. The molecule has 2 aromatic rings. The van der Waals surface area contributed by atoms with Crippen molar-refractivity contribution in [2.75, 3.05) is 0 Å². The molecule has 0 atom stereocenters. The Labute approximate surface area is 97.1 Å². The van der Waals surface area contributed by atoms with Gasteiger partial charge in [-0.05, 0) is 16.8 Å². The van der Waals surface area contributed by atoms with Gasteiger partial charge >= 0.3 is 5.97 Å². The molecule has 0 aliphatic carbocycles. The van der Waals surface area contributed by atoms with Gasteiger partial charge in [0.2, 0.25) is 0 Å². The van der Waals surface area contributed by atoms with E-state index in [1.54, 1.807) is 24.3 Å². The van der Waals surface area contributed by atoms with Gasteiger partial charge in [0.15, 0.2) is 0 Å². The van der Waals surface area contributed by atoms with E-state index in [1.807, 2.05) is 0 Å². The molecule has 2 rings (SSSR count). The first-order valence-corrected chi connectivity index (χ1v) is 5.99. The summed E-state index contributed by atoms with van der Waals surface area (Å²) in [5.74, 6) is -1.46. The van der Waals surface area contributed by atoms with Crippen LogP contribution in [0.4, 0.5) is 0 Å². The standard InChI is InChI=1S/C11H7O5S/c12-11(13)9-5-7-3-1-2-4-8(7)6-10(9)17(14,15)16/h1-4,6H,(H,12,13)(H,14,15,16). The van der Waals surface area contributed by atoms with Crippen LogP contribution in [-0.2, 0) is 10.1 Å². The molecular weight excluding hydrogens is 244 g/mol. The largest absolute Gasteiger partial charge is 0.478 e. The molecule has 1 radical (unpaired) electrons. The highest BCUT2D eigenvalue weighted by atomic mass is 32.2. The van der Waals surface area contributed by atoms with Crippen LogP contribution in [0.5, 0.6) is 0 Å². The minimum Gasteiger partial charge on any atom is -0.478 e. The maximum atomic E-state index is 11.1. The molecule has 0 amide bonds. The van der Waals surface area contributed by atoms with Gasteiger partial charge in [0, 0.05) is 6.07 Å².